The summed E-state index contributed by atoms with van der Waals surface area (Å²) in [5.41, 5.74) is 4.14. The summed E-state index contributed by atoms with van der Waals surface area (Å²) in [7, 11) is 0. The lowest BCUT2D eigenvalue weighted by Gasteiger charge is -2.26. The molecule has 1 aliphatic rings. The smallest absolute Gasteiger partial charge is 0.251 e. The van der Waals surface area contributed by atoms with Gasteiger partial charge in [0.15, 0.2) is 0 Å². The highest BCUT2D eigenvalue weighted by Crippen LogP contribution is 2.30. The molecule has 0 saturated carbocycles. The summed E-state index contributed by atoms with van der Waals surface area (Å²) < 4.78 is 5.79. The molecule has 0 aromatic heterocycles. The van der Waals surface area contributed by atoms with Crippen LogP contribution in [0.3, 0.4) is 0 Å². The topological polar surface area (TPSA) is 38.3 Å². The fraction of sp³-hybridized carbons (Fsp3) is 0.208. The second kappa shape index (κ2) is 8.49. The van der Waals surface area contributed by atoms with E-state index in [-0.39, 0.29) is 11.9 Å². The van der Waals surface area contributed by atoms with Gasteiger partial charge in [0.1, 0.15) is 12.4 Å². The number of benzene rings is 3. The van der Waals surface area contributed by atoms with E-state index in [9.17, 15) is 4.79 Å². The van der Waals surface area contributed by atoms with Gasteiger partial charge in [-0.15, -0.1) is 0 Å². The minimum absolute atomic E-state index is 0.0544. The van der Waals surface area contributed by atoms with Gasteiger partial charge in [0.2, 0.25) is 0 Å². The molecule has 1 N–H and O–H groups in total. The van der Waals surface area contributed by atoms with Crippen molar-refractivity contribution < 1.29 is 9.53 Å². The van der Waals surface area contributed by atoms with E-state index < -0.39 is 0 Å². The van der Waals surface area contributed by atoms with Gasteiger partial charge in [0.25, 0.3) is 5.91 Å². The summed E-state index contributed by atoms with van der Waals surface area (Å²) in [6.07, 6.45) is 3.14. The van der Waals surface area contributed by atoms with Crippen LogP contribution in [0, 0.1) is 0 Å². The molecule has 1 unspecified atom stereocenters. The molecule has 1 amide bonds. The van der Waals surface area contributed by atoms with E-state index in [2.05, 4.69) is 23.5 Å². The van der Waals surface area contributed by atoms with Crippen LogP contribution in [0.15, 0.2) is 72.8 Å². The number of hydrogen-bond acceptors (Lipinski definition) is 2. The van der Waals surface area contributed by atoms with Gasteiger partial charge in [-0.3, -0.25) is 4.79 Å². The molecule has 0 aliphatic heterocycles. The van der Waals surface area contributed by atoms with Crippen molar-refractivity contribution in [1.29, 1.82) is 0 Å². The largest absolute Gasteiger partial charge is 0.487 e. The van der Waals surface area contributed by atoms with Crippen LogP contribution >= 0.6 is 11.6 Å². The van der Waals surface area contributed by atoms with E-state index in [1.54, 1.807) is 6.07 Å². The minimum atomic E-state index is -0.0544. The number of fused-ring (bicyclic) bond motifs is 1. The van der Waals surface area contributed by atoms with Crippen LogP contribution in [0.4, 0.5) is 0 Å². The third-order valence-electron chi connectivity index (χ3n) is 5.09. The van der Waals surface area contributed by atoms with Crippen LogP contribution in [0.1, 0.15) is 45.9 Å². The number of ether oxygens (including phenoxy) is 1. The first-order valence-electron chi connectivity index (χ1n) is 9.55. The Morgan fingerprint density at radius 2 is 1.86 bits per heavy atom. The van der Waals surface area contributed by atoms with Crippen molar-refractivity contribution in [3.63, 3.8) is 0 Å². The van der Waals surface area contributed by atoms with Crippen LogP contribution in [-0.2, 0) is 13.0 Å². The quantitative estimate of drug-likeness (QED) is 0.603. The predicted molar refractivity (Wildman–Crippen MR) is 112 cm³/mol. The van der Waals surface area contributed by atoms with E-state index in [4.69, 9.17) is 16.3 Å². The van der Waals surface area contributed by atoms with E-state index in [1.807, 2.05) is 48.5 Å². The molecule has 28 heavy (non-hydrogen) atoms. The molecule has 3 aromatic carbocycles. The van der Waals surface area contributed by atoms with Gasteiger partial charge in [0, 0.05) is 5.56 Å². The van der Waals surface area contributed by atoms with Crippen molar-refractivity contribution in [2.24, 2.45) is 0 Å². The lowest BCUT2D eigenvalue weighted by Crippen LogP contribution is -2.31. The average Bonchev–Trinajstić information content (AvgIpc) is 2.74. The van der Waals surface area contributed by atoms with E-state index >= 15 is 0 Å². The van der Waals surface area contributed by atoms with Crippen LogP contribution < -0.4 is 10.1 Å². The minimum Gasteiger partial charge on any atom is -0.487 e. The zero-order chi connectivity index (χ0) is 19.3. The van der Waals surface area contributed by atoms with Gasteiger partial charge < -0.3 is 10.1 Å². The molecule has 0 fully saturated rings. The number of hydrogen-bond donors (Lipinski definition) is 1. The molecule has 4 heteroatoms. The van der Waals surface area contributed by atoms with Crippen molar-refractivity contribution in [2.75, 3.05) is 0 Å². The number of amides is 1. The lowest BCUT2D eigenvalue weighted by atomic mass is 9.87. The van der Waals surface area contributed by atoms with E-state index in [0.717, 1.165) is 24.8 Å². The molecular weight excluding hydrogens is 370 g/mol. The monoisotopic (exact) mass is 391 g/mol. The molecule has 3 nitrogen and oxygen atoms in total. The Bertz CT molecular complexity index is 986. The fourth-order valence-electron chi connectivity index (χ4n) is 3.67. The average molecular weight is 392 g/mol. The van der Waals surface area contributed by atoms with Gasteiger partial charge in [-0.1, -0.05) is 60.1 Å². The van der Waals surface area contributed by atoms with Crippen molar-refractivity contribution >= 4 is 17.5 Å². The number of para-hydroxylation sites is 1. The maximum absolute atomic E-state index is 12.8. The maximum atomic E-state index is 12.8. The highest BCUT2D eigenvalue weighted by atomic mass is 35.5. The highest BCUT2D eigenvalue weighted by molar-refractivity contribution is 6.32. The lowest BCUT2D eigenvalue weighted by molar-refractivity contribution is 0.0932. The second-order valence-corrected chi connectivity index (χ2v) is 7.44. The standard InChI is InChI=1S/C24H22ClNO2/c25-21-12-3-4-14-23(21)28-16-17-7-5-10-19(15-17)24(27)26-22-13-6-9-18-8-1-2-11-20(18)22/h1-5,7-8,10-12,14-15,22H,6,9,13,16H2,(H,26,27). The van der Waals surface area contributed by atoms with Crippen LogP contribution in [0.2, 0.25) is 5.02 Å². The summed E-state index contributed by atoms with van der Waals surface area (Å²) in [4.78, 5) is 12.8. The summed E-state index contributed by atoms with van der Waals surface area (Å²) in [5, 5.41) is 3.78. The van der Waals surface area contributed by atoms with Crippen molar-refractivity contribution in [3.05, 3.63) is 100 Å². The van der Waals surface area contributed by atoms with Crippen LogP contribution in [0.5, 0.6) is 5.75 Å². The Morgan fingerprint density at radius 3 is 2.75 bits per heavy atom. The first-order valence-corrected chi connectivity index (χ1v) is 9.93. The molecule has 0 heterocycles. The summed E-state index contributed by atoms with van der Waals surface area (Å²) in [6, 6.07) is 23.4. The molecule has 1 aliphatic carbocycles. The molecule has 0 spiro atoms. The number of carbonyl (C=O) groups excluding carboxylic acids is 1. The highest BCUT2D eigenvalue weighted by Gasteiger charge is 2.21. The number of nitrogens with one attached hydrogen (secondary N) is 1. The normalized spacial score (nSPS) is 15.5. The second-order valence-electron chi connectivity index (χ2n) is 7.04. The number of carbonyl (C=O) groups is 1. The third-order valence-corrected chi connectivity index (χ3v) is 5.41. The van der Waals surface area contributed by atoms with Gasteiger partial charge in [-0.05, 0) is 60.2 Å². The molecule has 1 atom stereocenters. The third kappa shape index (κ3) is 4.20. The number of aryl methyl sites for hydroxylation is 1. The first kappa shape index (κ1) is 18.6. The number of halogens is 1. The SMILES string of the molecule is O=C(NC1CCCc2ccccc21)c1cccc(COc2ccccc2Cl)c1. The first-order chi connectivity index (χ1) is 13.7. The van der Waals surface area contributed by atoms with Gasteiger partial charge in [-0.2, -0.15) is 0 Å². The maximum Gasteiger partial charge on any atom is 0.251 e. The van der Waals surface area contributed by atoms with Crippen molar-refractivity contribution in [1.82, 2.24) is 5.32 Å². The number of rotatable bonds is 5. The van der Waals surface area contributed by atoms with Gasteiger partial charge in [0.05, 0.1) is 11.1 Å². The van der Waals surface area contributed by atoms with E-state index in [0.29, 0.717) is 22.9 Å². The summed E-state index contributed by atoms with van der Waals surface area (Å²) >= 11 is 6.13. The van der Waals surface area contributed by atoms with Crippen molar-refractivity contribution in [2.45, 2.75) is 31.9 Å². The summed E-state index contributed by atoms with van der Waals surface area (Å²) in [5.74, 6) is 0.583. The predicted octanol–water partition coefficient (Wildman–Crippen LogP) is 5.73. The van der Waals surface area contributed by atoms with E-state index in [1.165, 1.54) is 11.1 Å². The van der Waals surface area contributed by atoms with Crippen molar-refractivity contribution in [3.8, 4) is 5.75 Å². The van der Waals surface area contributed by atoms with Gasteiger partial charge >= 0.3 is 0 Å². The molecule has 142 valence electrons. The van der Waals surface area contributed by atoms with Gasteiger partial charge in [-0.25, -0.2) is 0 Å². The Labute approximate surface area is 170 Å². The fourth-order valence-corrected chi connectivity index (χ4v) is 3.86. The van der Waals surface area contributed by atoms with Crippen LogP contribution in [-0.4, -0.2) is 5.91 Å². The Hall–Kier alpha value is -2.78. The molecule has 4 rings (SSSR count). The Kier molecular flexibility index (Phi) is 5.63. The molecule has 0 bridgehead atoms. The molecular formula is C24H22ClNO2. The Balaban J connectivity index is 1.44. The molecule has 0 radical (unpaired) electrons. The Morgan fingerprint density at radius 1 is 1.04 bits per heavy atom. The zero-order valence-electron chi connectivity index (χ0n) is 15.5. The van der Waals surface area contributed by atoms with Crippen LogP contribution in [0.25, 0.3) is 0 Å². The summed E-state index contributed by atoms with van der Waals surface area (Å²) in [6.45, 7) is 0.358. The molecule has 0 saturated heterocycles. The zero-order valence-corrected chi connectivity index (χ0v) is 16.3. The molecule has 3 aromatic rings.